The van der Waals surface area contributed by atoms with Crippen LogP contribution in [0.2, 0.25) is 0 Å². The van der Waals surface area contributed by atoms with Crippen LogP contribution in [0.4, 0.5) is 4.79 Å². The molecule has 1 saturated heterocycles. The first-order valence-electron chi connectivity index (χ1n) is 12.5. The summed E-state index contributed by atoms with van der Waals surface area (Å²) in [6.07, 6.45) is 2.08. The second kappa shape index (κ2) is 10.5. The highest BCUT2D eigenvalue weighted by Crippen LogP contribution is 2.44. The summed E-state index contributed by atoms with van der Waals surface area (Å²) < 4.78 is 5.61. The SMILES string of the molecule is CCCC1(C(=O)O)CCN(C(=O)C(CC)NC(=O)OCC2c3ccccc3-c3ccccc32)CC1. The van der Waals surface area contributed by atoms with E-state index in [0.717, 1.165) is 28.7 Å². The van der Waals surface area contributed by atoms with Crippen molar-refractivity contribution in [3.8, 4) is 11.1 Å². The van der Waals surface area contributed by atoms with Crippen LogP contribution in [0.25, 0.3) is 11.1 Å². The number of likely N-dealkylation sites (tertiary alicyclic amines) is 1. The van der Waals surface area contributed by atoms with Crippen molar-refractivity contribution in [2.75, 3.05) is 19.7 Å². The van der Waals surface area contributed by atoms with Gasteiger partial charge in [-0.1, -0.05) is 68.8 Å². The molecule has 0 bridgehead atoms. The molecule has 2 amide bonds. The normalized spacial score (nSPS) is 17.3. The molecule has 2 N–H and O–H groups in total. The number of piperidine rings is 1. The first-order valence-corrected chi connectivity index (χ1v) is 12.5. The molecule has 0 spiro atoms. The molecule has 4 rings (SSSR count). The van der Waals surface area contributed by atoms with E-state index in [1.54, 1.807) is 4.90 Å². The summed E-state index contributed by atoms with van der Waals surface area (Å²) in [7, 11) is 0. The van der Waals surface area contributed by atoms with Crippen molar-refractivity contribution in [1.82, 2.24) is 10.2 Å². The molecule has 35 heavy (non-hydrogen) atoms. The minimum Gasteiger partial charge on any atom is -0.481 e. The number of carboxylic acids is 1. The first kappa shape index (κ1) is 24.8. The average molecular weight is 479 g/mol. The molecule has 7 nitrogen and oxygen atoms in total. The molecule has 1 atom stereocenters. The average Bonchev–Trinajstić information content (AvgIpc) is 3.20. The predicted octanol–water partition coefficient (Wildman–Crippen LogP) is 4.80. The number of fused-ring (bicyclic) bond motifs is 3. The van der Waals surface area contributed by atoms with Gasteiger partial charge in [0, 0.05) is 19.0 Å². The Labute approximate surface area is 206 Å². The molecule has 1 aliphatic heterocycles. The minimum atomic E-state index is -0.782. The van der Waals surface area contributed by atoms with Crippen LogP contribution in [0.15, 0.2) is 48.5 Å². The Bertz CT molecular complexity index is 1040. The number of carbonyl (C=O) groups excluding carboxylic acids is 2. The summed E-state index contributed by atoms with van der Waals surface area (Å²) in [4.78, 5) is 39.3. The number of nitrogens with one attached hydrogen (secondary N) is 1. The monoisotopic (exact) mass is 478 g/mol. The molecule has 0 radical (unpaired) electrons. The third kappa shape index (κ3) is 4.90. The number of amides is 2. The number of carbonyl (C=O) groups is 3. The van der Waals surface area contributed by atoms with Crippen LogP contribution in [0.5, 0.6) is 0 Å². The quantitative estimate of drug-likeness (QED) is 0.568. The van der Waals surface area contributed by atoms with Crippen molar-refractivity contribution in [2.45, 2.75) is 57.9 Å². The number of aliphatic carboxylic acids is 1. The highest BCUT2D eigenvalue weighted by atomic mass is 16.5. The van der Waals surface area contributed by atoms with Crippen LogP contribution in [-0.2, 0) is 14.3 Å². The summed E-state index contributed by atoms with van der Waals surface area (Å²) in [5.74, 6) is -1.01. The van der Waals surface area contributed by atoms with Gasteiger partial charge in [0.25, 0.3) is 0 Å². The number of benzene rings is 2. The number of alkyl carbamates (subject to hydrolysis) is 1. The van der Waals surface area contributed by atoms with E-state index < -0.39 is 23.5 Å². The molecule has 1 aliphatic carbocycles. The van der Waals surface area contributed by atoms with E-state index >= 15 is 0 Å². The second-order valence-electron chi connectivity index (χ2n) is 9.59. The lowest BCUT2D eigenvalue weighted by Gasteiger charge is -2.40. The number of hydrogen-bond donors (Lipinski definition) is 2. The van der Waals surface area contributed by atoms with E-state index in [9.17, 15) is 19.5 Å². The standard InChI is InChI=1S/C28H34N2O5/c1-3-13-28(26(32)33)14-16-30(17-15-28)25(31)24(4-2)29-27(34)35-18-23-21-11-7-5-9-19(21)20-10-6-8-12-22(20)23/h5-12,23-24H,3-4,13-18H2,1-2H3,(H,29,34)(H,32,33). The molecule has 1 heterocycles. The van der Waals surface area contributed by atoms with Crippen LogP contribution in [0, 0.1) is 5.41 Å². The zero-order valence-electron chi connectivity index (χ0n) is 20.5. The van der Waals surface area contributed by atoms with Gasteiger partial charge in [-0.3, -0.25) is 9.59 Å². The van der Waals surface area contributed by atoms with Crippen molar-refractivity contribution in [1.29, 1.82) is 0 Å². The van der Waals surface area contributed by atoms with E-state index in [1.165, 1.54) is 0 Å². The maximum Gasteiger partial charge on any atom is 0.407 e. The Morgan fingerprint density at radius 3 is 2.11 bits per heavy atom. The van der Waals surface area contributed by atoms with Crippen molar-refractivity contribution >= 4 is 18.0 Å². The maximum atomic E-state index is 13.1. The lowest BCUT2D eigenvalue weighted by atomic mass is 9.75. The van der Waals surface area contributed by atoms with E-state index in [-0.39, 0.29) is 18.4 Å². The van der Waals surface area contributed by atoms with Crippen LogP contribution < -0.4 is 5.32 Å². The molecule has 2 aliphatic rings. The minimum absolute atomic E-state index is 0.0475. The molecular formula is C28H34N2O5. The Kier molecular flexibility index (Phi) is 7.43. The highest BCUT2D eigenvalue weighted by molar-refractivity contribution is 5.86. The lowest BCUT2D eigenvalue weighted by molar-refractivity contribution is -0.155. The molecular weight excluding hydrogens is 444 g/mol. The Morgan fingerprint density at radius 1 is 1.03 bits per heavy atom. The summed E-state index contributed by atoms with van der Waals surface area (Å²) in [6.45, 7) is 4.77. The van der Waals surface area contributed by atoms with Crippen molar-refractivity contribution in [3.05, 3.63) is 59.7 Å². The van der Waals surface area contributed by atoms with Crippen molar-refractivity contribution in [2.24, 2.45) is 5.41 Å². The predicted molar refractivity (Wildman–Crippen MR) is 133 cm³/mol. The summed E-state index contributed by atoms with van der Waals surface area (Å²) in [5, 5.41) is 12.4. The van der Waals surface area contributed by atoms with Crippen LogP contribution in [-0.4, -0.2) is 53.7 Å². The Hall–Kier alpha value is -3.35. The lowest BCUT2D eigenvalue weighted by Crippen LogP contribution is -2.53. The zero-order chi connectivity index (χ0) is 25.0. The van der Waals surface area contributed by atoms with Gasteiger partial charge in [-0.2, -0.15) is 0 Å². The number of hydrogen-bond acceptors (Lipinski definition) is 4. The molecule has 1 unspecified atom stereocenters. The maximum absolute atomic E-state index is 13.1. The Morgan fingerprint density at radius 2 is 1.60 bits per heavy atom. The summed E-state index contributed by atoms with van der Waals surface area (Å²) in [5.41, 5.74) is 3.82. The van der Waals surface area contributed by atoms with Gasteiger partial charge in [-0.25, -0.2) is 4.79 Å². The van der Waals surface area contributed by atoms with E-state index in [0.29, 0.717) is 38.8 Å². The van der Waals surface area contributed by atoms with Gasteiger partial charge >= 0.3 is 12.1 Å². The number of ether oxygens (including phenoxy) is 1. The van der Waals surface area contributed by atoms with Crippen LogP contribution >= 0.6 is 0 Å². The van der Waals surface area contributed by atoms with Crippen molar-refractivity contribution in [3.63, 3.8) is 0 Å². The Balaban J connectivity index is 1.35. The fraction of sp³-hybridized carbons (Fsp3) is 0.464. The van der Waals surface area contributed by atoms with Gasteiger partial charge in [-0.15, -0.1) is 0 Å². The number of nitrogens with zero attached hydrogens (tertiary/aromatic N) is 1. The third-order valence-corrected chi connectivity index (χ3v) is 7.56. The van der Waals surface area contributed by atoms with Crippen LogP contribution in [0.1, 0.15) is 63.0 Å². The third-order valence-electron chi connectivity index (χ3n) is 7.56. The smallest absolute Gasteiger partial charge is 0.407 e. The molecule has 0 aromatic heterocycles. The molecule has 0 saturated carbocycles. The second-order valence-corrected chi connectivity index (χ2v) is 9.59. The topological polar surface area (TPSA) is 95.9 Å². The van der Waals surface area contributed by atoms with E-state index in [2.05, 4.69) is 29.6 Å². The van der Waals surface area contributed by atoms with Gasteiger partial charge in [0.15, 0.2) is 0 Å². The van der Waals surface area contributed by atoms with Gasteiger partial charge in [0.05, 0.1) is 5.41 Å². The summed E-state index contributed by atoms with van der Waals surface area (Å²) in [6, 6.07) is 15.6. The highest BCUT2D eigenvalue weighted by Gasteiger charge is 2.42. The largest absolute Gasteiger partial charge is 0.481 e. The van der Waals surface area contributed by atoms with Crippen molar-refractivity contribution < 1.29 is 24.2 Å². The van der Waals surface area contributed by atoms with E-state index in [1.807, 2.05) is 38.1 Å². The molecule has 2 aromatic rings. The number of rotatable bonds is 8. The van der Waals surface area contributed by atoms with Gasteiger partial charge < -0.3 is 20.1 Å². The molecule has 7 heteroatoms. The zero-order valence-corrected chi connectivity index (χ0v) is 20.5. The fourth-order valence-electron chi connectivity index (χ4n) is 5.55. The van der Waals surface area contributed by atoms with Gasteiger partial charge in [-0.05, 0) is 47.9 Å². The first-order chi connectivity index (χ1) is 16.9. The van der Waals surface area contributed by atoms with Gasteiger partial charge in [0.2, 0.25) is 5.91 Å². The molecule has 186 valence electrons. The van der Waals surface area contributed by atoms with E-state index in [4.69, 9.17) is 4.74 Å². The van der Waals surface area contributed by atoms with Crippen LogP contribution in [0.3, 0.4) is 0 Å². The summed E-state index contributed by atoms with van der Waals surface area (Å²) >= 11 is 0. The molecule has 2 aromatic carbocycles. The number of carboxylic acid groups (broad SMARTS) is 1. The molecule has 1 fully saturated rings. The van der Waals surface area contributed by atoms with Gasteiger partial charge in [0.1, 0.15) is 12.6 Å². The fourth-order valence-corrected chi connectivity index (χ4v) is 5.55.